The first-order valence-corrected chi connectivity index (χ1v) is 12.0. The van der Waals surface area contributed by atoms with E-state index in [2.05, 4.69) is 5.32 Å². The first-order valence-electron chi connectivity index (χ1n) is 9.77. The molecule has 0 aromatic heterocycles. The van der Waals surface area contributed by atoms with E-state index in [0.29, 0.717) is 47.5 Å². The minimum Gasteiger partial charge on any atom is -0.497 e. The number of nitrogens with one attached hydrogen (secondary N) is 1. The number of methoxy groups -OCH3 is 1. The molecule has 0 unspecified atom stereocenters. The van der Waals surface area contributed by atoms with E-state index in [1.165, 1.54) is 23.5 Å². The summed E-state index contributed by atoms with van der Waals surface area (Å²) in [6, 6.07) is 10.9. The Balaban J connectivity index is 1.53. The van der Waals surface area contributed by atoms with Gasteiger partial charge in [-0.15, -0.1) is 0 Å². The molecule has 3 rings (SSSR count). The number of benzene rings is 2. The number of carbonyl (C=O) groups is 1. The largest absolute Gasteiger partial charge is 0.497 e. The van der Waals surface area contributed by atoms with Gasteiger partial charge in [-0.1, -0.05) is 23.2 Å². The molecule has 1 heterocycles. The fourth-order valence-electron chi connectivity index (χ4n) is 3.27. The Bertz CT molecular complexity index is 1020. The summed E-state index contributed by atoms with van der Waals surface area (Å²) < 4.78 is 37.8. The predicted octanol–water partition coefficient (Wildman–Crippen LogP) is 3.74. The number of nitrogens with zero attached hydrogens (tertiary/aromatic N) is 1. The second-order valence-electron chi connectivity index (χ2n) is 7.20. The molecule has 1 N–H and O–H groups in total. The molecular weight excluding hydrogens is 463 g/mol. The molecule has 1 atom stereocenters. The number of hydrogen-bond acceptors (Lipinski definition) is 5. The lowest BCUT2D eigenvalue weighted by molar-refractivity contribution is -0.128. The molecule has 10 heteroatoms. The maximum Gasteiger partial charge on any atom is 0.260 e. The van der Waals surface area contributed by atoms with Crippen molar-refractivity contribution in [2.24, 2.45) is 0 Å². The quantitative estimate of drug-likeness (QED) is 0.644. The van der Waals surface area contributed by atoms with Crippen molar-refractivity contribution in [2.75, 3.05) is 20.2 Å². The third-order valence-electron chi connectivity index (χ3n) is 5.06. The van der Waals surface area contributed by atoms with E-state index in [0.717, 1.165) is 0 Å². The van der Waals surface area contributed by atoms with Gasteiger partial charge < -0.3 is 14.8 Å². The van der Waals surface area contributed by atoms with Gasteiger partial charge in [0.15, 0.2) is 6.10 Å². The van der Waals surface area contributed by atoms with Gasteiger partial charge in [0, 0.05) is 24.2 Å². The molecule has 7 nitrogen and oxygen atoms in total. The summed E-state index contributed by atoms with van der Waals surface area (Å²) in [5, 5.41) is 3.73. The normalized spacial score (nSPS) is 16.5. The Morgan fingerprint density at radius 3 is 2.35 bits per heavy atom. The van der Waals surface area contributed by atoms with Gasteiger partial charge >= 0.3 is 0 Å². The van der Waals surface area contributed by atoms with Crippen LogP contribution in [-0.4, -0.2) is 51.0 Å². The predicted molar refractivity (Wildman–Crippen MR) is 119 cm³/mol. The average molecular weight is 487 g/mol. The molecule has 0 radical (unpaired) electrons. The topological polar surface area (TPSA) is 84.9 Å². The molecular formula is C21H24Cl2N2O5S. The number of halogens is 2. The lowest BCUT2D eigenvalue weighted by atomic mass is 10.1. The highest BCUT2D eigenvalue weighted by Crippen LogP contribution is 2.28. The van der Waals surface area contributed by atoms with Crippen molar-refractivity contribution in [3.63, 3.8) is 0 Å². The number of carbonyl (C=O) groups excluding carboxylic acids is 1. The fourth-order valence-corrected chi connectivity index (χ4v) is 5.19. The van der Waals surface area contributed by atoms with E-state index in [4.69, 9.17) is 32.7 Å². The smallest absolute Gasteiger partial charge is 0.260 e. The van der Waals surface area contributed by atoms with Crippen molar-refractivity contribution < 1.29 is 22.7 Å². The van der Waals surface area contributed by atoms with Crippen LogP contribution in [0.4, 0.5) is 0 Å². The molecule has 0 aliphatic carbocycles. The second-order valence-corrected chi connectivity index (χ2v) is 9.98. The third-order valence-corrected chi connectivity index (χ3v) is 7.51. The molecule has 0 bridgehead atoms. The number of amides is 1. The first-order chi connectivity index (χ1) is 14.7. The maximum absolute atomic E-state index is 12.8. The molecule has 168 valence electrons. The molecule has 2 aromatic carbocycles. The van der Waals surface area contributed by atoms with Gasteiger partial charge in [0.25, 0.3) is 5.91 Å². The Morgan fingerprint density at radius 2 is 1.77 bits per heavy atom. The van der Waals surface area contributed by atoms with Crippen LogP contribution in [0.15, 0.2) is 47.4 Å². The summed E-state index contributed by atoms with van der Waals surface area (Å²) >= 11 is 12.0. The van der Waals surface area contributed by atoms with Gasteiger partial charge in [0.05, 0.1) is 17.0 Å². The lowest BCUT2D eigenvalue weighted by Crippen LogP contribution is -2.49. The Hall–Kier alpha value is -2.00. The van der Waals surface area contributed by atoms with Gasteiger partial charge in [0.1, 0.15) is 11.5 Å². The highest BCUT2D eigenvalue weighted by atomic mass is 35.5. The van der Waals surface area contributed by atoms with E-state index >= 15 is 0 Å². The van der Waals surface area contributed by atoms with Crippen LogP contribution in [0.3, 0.4) is 0 Å². The van der Waals surface area contributed by atoms with Crippen LogP contribution in [0, 0.1) is 0 Å². The summed E-state index contributed by atoms with van der Waals surface area (Å²) in [5.41, 5.74) is 0. The number of sulfonamides is 1. The monoisotopic (exact) mass is 486 g/mol. The van der Waals surface area contributed by atoms with E-state index in [1.807, 2.05) is 0 Å². The highest BCUT2D eigenvalue weighted by molar-refractivity contribution is 7.89. The first kappa shape index (κ1) is 23.7. The summed E-state index contributed by atoms with van der Waals surface area (Å²) in [7, 11) is -2.06. The molecule has 1 aliphatic rings. The maximum atomic E-state index is 12.8. The van der Waals surface area contributed by atoms with Crippen LogP contribution in [0.1, 0.15) is 19.8 Å². The zero-order chi connectivity index (χ0) is 22.6. The zero-order valence-electron chi connectivity index (χ0n) is 17.2. The summed E-state index contributed by atoms with van der Waals surface area (Å²) in [4.78, 5) is 12.7. The summed E-state index contributed by atoms with van der Waals surface area (Å²) in [6.07, 6.45) is 0.255. The van der Waals surface area contributed by atoms with Crippen LogP contribution >= 0.6 is 23.2 Å². The van der Waals surface area contributed by atoms with Crippen LogP contribution in [0.2, 0.25) is 10.0 Å². The molecule has 1 fully saturated rings. The Labute approximate surface area is 192 Å². The summed E-state index contributed by atoms with van der Waals surface area (Å²) in [5.74, 6) is 0.674. The van der Waals surface area contributed by atoms with Crippen molar-refractivity contribution in [1.82, 2.24) is 9.62 Å². The molecule has 0 spiro atoms. The van der Waals surface area contributed by atoms with Crippen LogP contribution in [0.25, 0.3) is 0 Å². The highest BCUT2D eigenvalue weighted by Gasteiger charge is 2.30. The van der Waals surface area contributed by atoms with Gasteiger partial charge in [-0.3, -0.25) is 4.79 Å². The number of piperidine rings is 1. The van der Waals surface area contributed by atoms with Gasteiger partial charge in [0.2, 0.25) is 10.0 Å². The zero-order valence-corrected chi connectivity index (χ0v) is 19.5. The molecule has 0 saturated carbocycles. The van der Waals surface area contributed by atoms with Crippen molar-refractivity contribution >= 4 is 39.1 Å². The van der Waals surface area contributed by atoms with Crippen molar-refractivity contribution in [2.45, 2.75) is 36.8 Å². The van der Waals surface area contributed by atoms with E-state index in [-0.39, 0.29) is 16.8 Å². The van der Waals surface area contributed by atoms with Gasteiger partial charge in [-0.2, -0.15) is 4.31 Å². The number of ether oxygens (including phenoxy) is 2. The van der Waals surface area contributed by atoms with Gasteiger partial charge in [-0.05, 0) is 62.2 Å². The standard InChI is InChI=1S/C21H24Cl2N2O5S/c1-14(30-20-8-3-15(22)13-19(20)23)21(26)24-16-9-11-25(12-10-16)31(27,28)18-6-4-17(29-2)5-7-18/h3-8,13-14,16H,9-12H2,1-2H3,(H,24,26)/t14-/m1/s1. The van der Waals surface area contributed by atoms with Crippen LogP contribution in [-0.2, 0) is 14.8 Å². The van der Waals surface area contributed by atoms with E-state index in [9.17, 15) is 13.2 Å². The third kappa shape index (κ3) is 5.83. The molecule has 1 aliphatic heterocycles. The minimum absolute atomic E-state index is 0.137. The van der Waals surface area contributed by atoms with Gasteiger partial charge in [-0.25, -0.2) is 8.42 Å². The van der Waals surface area contributed by atoms with Crippen molar-refractivity contribution in [3.05, 3.63) is 52.5 Å². The second kappa shape index (κ2) is 10.1. The molecule has 31 heavy (non-hydrogen) atoms. The number of hydrogen-bond donors (Lipinski definition) is 1. The Kier molecular flexibility index (Phi) is 7.69. The SMILES string of the molecule is COc1ccc(S(=O)(=O)N2CCC(NC(=O)[C@@H](C)Oc3ccc(Cl)cc3Cl)CC2)cc1. The minimum atomic E-state index is -3.59. The van der Waals surface area contributed by atoms with E-state index < -0.39 is 16.1 Å². The fraction of sp³-hybridized carbons (Fsp3) is 0.381. The summed E-state index contributed by atoms with van der Waals surface area (Å²) in [6.45, 7) is 2.26. The molecule has 1 saturated heterocycles. The van der Waals surface area contributed by atoms with E-state index in [1.54, 1.807) is 37.3 Å². The van der Waals surface area contributed by atoms with Crippen molar-refractivity contribution in [1.29, 1.82) is 0 Å². The lowest BCUT2D eigenvalue weighted by Gasteiger charge is -2.32. The van der Waals surface area contributed by atoms with Crippen molar-refractivity contribution in [3.8, 4) is 11.5 Å². The van der Waals surface area contributed by atoms with Crippen LogP contribution < -0.4 is 14.8 Å². The molecule has 2 aromatic rings. The Morgan fingerprint density at radius 1 is 1.13 bits per heavy atom. The number of rotatable bonds is 7. The average Bonchev–Trinajstić information content (AvgIpc) is 2.76. The van der Waals surface area contributed by atoms with Crippen LogP contribution in [0.5, 0.6) is 11.5 Å². The molecule has 1 amide bonds.